The molecule has 2 N–H and O–H groups in total. The van der Waals surface area contributed by atoms with Gasteiger partial charge in [-0.3, -0.25) is 9.59 Å². The van der Waals surface area contributed by atoms with E-state index >= 15 is 0 Å². The molecule has 3 aromatic rings. The number of amides is 1. The van der Waals surface area contributed by atoms with E-state index in [1.54, 1.807) is 12.1 Å². The lowest BCUT2D eigenvalue weighted by atomic mass is 10.1. The summed E-state index contributed by atoms with van der Waals surface area (Å²) in [6.45, 7) is 7.57. The van der Waals surface area contributed by atoms with Crippen LogP contribution in [0.25, 0.3) is 10.2 Å². The van der Waals surface area contributed by atoms with Crippen LogP contribution in [-0.4, -0.2) is 21.1 Å². The number of H-pyrrole nitrogens is 1. The molecule has 1 amide bonds. The van der Waals surface area contributed by atoms with Crippen LogP contribution in [0.1, 0.15) is 41.7 Å². The fourth-order valence-corrected chi connectivity index (χ4v) is 4.63. The van der Waals surface area contributed by atoms with Crippen LogP contribution in [0.4, 0.5) is 4.39 Å². The molecule has 2 unspecified atom stereocenters. The third-order valence-electron chi connectivity index (χ3n) is 4.66. The molecule has 0 fully saturated rings. The van der Waals surface area contributed by atoms with E-state index in [4.69, 9.17) is 0 Å². The number of halogens is 1. The predicted octanol–water partition coefficient (Wildman–Crippen LogP) is 4.24. The van der Waals surface area contributed by atoms with Gasteiger partial charge in [-0.15, -0.1) is 23.1 Å². The zero-order valence-corrected chi connectivity index (χ0v) is 17.8. The number of thioether (sulfide) groups is 1. The highest BCUT2D eigenvalue weighted by atomic mass is 32.2. The van der Waals surface area contributed by atoms with Crippen molar-refractivity contribution in [2.75, 3.05) is 0 Å². The zero-order chi connectivity index (χ0) is 20.4. The van der Waals surface area contributed by atoms with Gasteiger partial charge in [0, 0.05) is 4.88 Å². The number of hydrogen-bond donors (Lipinski definition) is 2. The molecule has 5 nitrogen and oxygen atoms in total. The Morgan fingerprint density at radius 2 is 1.96 bits per heavy atom. The van der Waals surface area contributed by atoms with Crippen LogP contribution in [0.3, 0.4) is 0 Å². The summed E-state index contributed by atoms with van der Waals surface area (Å²) in [5, 5.41) is 3.26. The first-order valence-corrected chi connectivity index (χ1v) is 10.8. The number of nitrogens with zero attached hydrogens (tertiary/aromatic N) is 1. The number of aryl methyl sites for hydroxylation is 2. The van der Waals surface area contributed by atoms with E-state index in [2.05, 4.69) is 15.3 Å². The minimum absolute atomic E-state index is 0.118. The maximum Gasteiger partial charge on any atom is 0.259 e. The Kier molecular flexibility index (Phi) is 6.20. The summed E-state index contributed by atoms with van der Waals surface area (Å²) in [5.74, 6) is 0.574. The predicted molar refractivity (Wildman–Crippen MR) is 113 cm³/mol. The summed E-state index contributed by atoms with van der Waals surface area (Å²) in [6.07, 6.45) is 0. The summed E-state index contributed by atoms with van der Waals surface area (Å²) >= 11 is 2.91. The Hall–Kier alpha value is -2.19. The molecule has 0 spiro atoms. The van der Waals surface area contributed by atoms with Crippen molar-refractivity contribution in [3.63, 3.8) is 0 Å². The average Bonchev–Trinajstić information content (AvgIpc) is 2.94. The number of fused-ring (bicyclic) bond motifs is 1. The van der Waals surface area contributed by atoms with Crippen molar-refractivity contribution in [1.82, 2.24) is 15.3 Å². The molecule has 3 rings (SSSR count). The second-order valence-corrected chi connectivity index (χ2v) is 9.24. The van der Waals surface area contributed by atoms with Crippen molar-refractivity contribution in [2.45, 2.75) is 44.7 Å². The minimum Gasteiger partial charge on any atom is -0.349 e. The first-order chi connectivity index (χ1) is 13.3. The molecule has 2 heterocycles. The van der Waals surface area contributed by atoms with Crippen LogP contribution < -0.4 is 10.9 Å². The zero-order valence-electron chi connectivity index (χ0n) is 16.1. The lowest BCUT2D eigenvalue weighted by Crippen LogP contribution is -2.33. The van der Waals surface area contributed by atoms with Crippen LogP contribution >= 0.6 is 23.1 Å². The fraction of sp³-hybridized carbons (Fsp3) is 0.350. The topological polar surface area (TPSA) is 74.8 Å². The normalized spacial score (nSPS) is 13.5. The van der Waals surface area contributed by atoms with E-state index in [0.717, 1.165) is 20.8 Å². The van der Waals surface area contributed by atoms with E-state index in [-0.39, 0.29) is 28.6 Å². The van der Waals surface area contributed by atoms with Gasteiger partial charge in [0.1, 0.15) is 16.5 Å². The molecule has 148 valence electrons. The molecule has 28 heavy (non-hydrogen) atoms. The van der Waals surface area contributed by atoms with Gasteiger partial charge in [0.2, 0.25) is 5.91 Å². The Morgan fingerprint density at radius 3 is 2.64 bits per heavy atom. The minimum atomic E-state index is -0.323. The molecule has 0 aliphatic rings. The van der Waals surface area contributed by atoms with Gasteiger partial charge in [0.05, 0.1) is 22.4 Å². The monoisotopic (exact) mass is 419 g/mol. The van der Waals surface area contributed by atoms with Crippen LogP contribution in [0.5, 0.6) is 0 Å². The van der Waals surface area contributed by atoms with Crippen molar-refractivity contribution in [3.8, 4) is 0 Å². The molecular weight excluding hydrogens is 397 g/mol. The molecule has 0 bridgehead atoms. The second kappa shape index (κ2) is 8.45. The Morgan fingerprint density at radius 1 is 1.29 bits per heavy atom. The largest absolute Gasteiger partial charge is 0.349 e. The number of benzene rings is 1. The molecule has 0 radical (unpaired) electrons. The molecule has 0 saturated carbocycles. The molecule has 8 heteroatoms. The summed E-state index contributed by atoms with van der Waals surface area (Å²) in [5.41, 5.74) is 1.67. The van der Waals surface area contributed by atoms with Crippen molar-refractivity contribution >= 4 is 39.2 Å². The number of rotatable bonds is 6. The van der Waals surface area contributed by atoms with Gasteiger partial charge in [-0.05, 0) is 51.0 Å². The third-order valence-corrected chi connectivity index (χ3v) is 6.91. The first-order valence-electron chi connectivity index (χ1n) is 8.92. The third kappa shape index (κ3) is 4.44. The number of aromatic nitrogens is 2. The van der Waals surface area contributed by atoms with Crippen LogP contribution in [0.2, 0.25) is 0 Å². The molecule has 2 atom stereocenters. The number of carbonyl (C=O) groups is 1. The Balaban J connectivity index is 1.62. The van der Waals surface area contributed by atoms with Gasteiger partial charge in [0.15, 0.2) is 0 Å². The van der Waals surface area contributed by atoms with E-state index in [9.17, 15) is 14.0 Å². The Labute approximate surface area is 170 Å². The molecule has 1 aromatic carbocycles. The summed E-state index contributed by atoms with van der Waals surface area (Å²) in [7, 11) is 0. The van der Waals surface area contributed by atoms with E-state index in [1.807, 2.05) is 27.7 Å². The van der Waals surface area contributed by atoms with Gasteiger partial charge < -0.3 is 10.3 Å². The molecule has 0 aliphatic carbocycles. The average molecular weight is 420 g/mol. The lowest BCUT2D eigenvalue weighted by molar-refractivity contribution is -0.120. The van der Waals surface area contributed by atoms with E-state index in [1.165, 1.54) is 35.2 Å². The standard InChI is InChI=1S/C20H22FN3O2S2/c1-10-12(3)28-20-17(10)19(26)23-16(24-20)9-27-13(4)18(25)22-11(2)14-5-7-15(21)8-6-14/h5-8,11,13H,9H2,1-4H3,(H,22,25)(H,23,24,26). The van der Waals surface area contributed by atoms with Crippen molar-refractivity contribution in [2.24, 2.45) is 0 Å². The van der Waals surface area contributed by atoms with Gasteiger partial charge in [-0.2, -0.15) is 0 Å². The fourth-order valence-electron chi connectivity index (χ4n) is 2.81. The molecule has 0 saturated heterocycles. The van der Waals surface area contributed by atoms with E-state index < -0.39 is 0 Å². The van der Waals surface area contributed by atoms with Gasteiger partial charge in [0.25, 0.3) is 5.56 Å². The number of aromatic amines is 1. The van der Waals surface area contributed by atoms with Crippen molar-refractivity contribution in [3.05, 3.63) is 62.3 Å². The van der Waals surface area contributed by atoms with Crippen LogP contribution in [0.15, 0.2) is 29.1 Å². The molecular formula is C20H22FN3O2S2. The molecule has 0 aliphatic heterocycles. The van der Waals surface area contributed by atoms with E-state index in [0.29, 0.717) is 17.0 Å². The van der Waals surface area contributed by atoms with Crippen molar-refractivity contribution in [1.29, 1.82) is 0 Å². The lowest BCUT2D eigenvalue weighted by Gasteiger charge is -2.17. The quantitative estimate of drug-likeness (QED) is 0.627. The summed E-state index contributed by atoms with van der Waals surface area (Å²) < 4.78 is 13.0. The van der Waals surface area contributed by atoms with Crippen molar-refractivity contribution < 1.29 is 9.18 Å². The number of carbonyl (C=O) groups excluding carboxylic acids is 1. The highest BCUT2D eigenvalue weighted by Gasteiger charge is 2.18. The maximum absolute atomic E-state index is 13.0. The summed E-state index contributed by atoms with van der Waals surface area (Å²) in [4.78, 5) is 34.0. The first kappa shape index (κ1) is 20.5. The van der Waals surface area contributed by atoms with Gasteiger partial charge in [-0.25, -0.2) is 9.37 Å². The Bertz CT molecular complexity index is 1060. The van der Waals surface area contributed by atoms with Gasteiger partial charge >= 0.3 is 0 Å². The maximum atomic E-state index is 13.0. The second-order valence-electron chi connectivity index (χ2n) is 6.71. The smallest absolute Gasteiger partial charge is 0.259 e. The summed E-state index contributed by atoms with van der Waals surface area (Å²) in [6, 6.07) is 5.85. The number of nitrogens with one attached hydrogen (secondary N) is 2. The van der Waals surface area contributed by atoms with Gasteiger partial charge in [-0.1, -0.05) is 12.1 Å². The number of thiophene rings is 1. The van der Waals surface area contributed by atoms with Crippen LogP contribution in [0, 0.1) is 19.7 Å². The highest BCUT2D eigenvalue weighted by Crippen LogP contribution is 2.26. The molecule has 2 aromatic heterocycles. The highest BCUT2D eigenvalue weighted by molar-refractivity contribution is 7.99. The number of hydrogen-bond acceptors (Lipinski definition) is 5. The van der Waals surface area contributed by atoms with Crippen LogP contribution in [-0.2, 0) is 10.5 Å². The SMILES string of the molecule is Cc1sc2nc(CSC(C)C(=O)NC(C)c3ccc(F)cc3)[nH]c(=O)c2c1C.